The van der Waals surface area contributed by atoms with E-state index in [4.69, 9.17) is 9.47 Å². The van der Waals surface area contributed by atoms with Gasteiger partial charge in [-0.2, -0.15) is 0 Å². The highest BCUT2D eigenvalue weighted by Crippen LogP contribution is 2.21. The van der Waals surface area contributed by atoms with Crippen molar-refractivity contribution in [1.82, 2.24) is 15.1 Å². The number of nitrogens with one attached hydrogen (secondary N) is 1. The molecule has 2 aliphatic heterocycles. The van der Waals surface area contributed by atoms with E-state index in [1.54, 1.807) is 0 Å². The molecule has 2 heterocycles. The molecule has 0 aromatic heterocycles. The van der Waals surface area contributed by atoms with Crippen LogP contribution < -0.4 is 5.32 Å². The lowest BCUT2D eigenvalue weighted by atomic mass is 10.00. The second kappa shape index (κ2) is 8.50. The van der Waals surface area contributed by atoms with Crippen LogP contribution >= 0.6 is 0 Å². The zero-order valence-corrected chi connectivity index (χ0v) is 16.0. The van der Waals surface area contributed by atoms with Crippen LogP contribution in [0, 0.1) is 5.92 Å². The van der Waals surface area contributed by atoms with Crippen LogP contribution in [0.25, 0.3) is 0 Å². The molecule has 2 saturated heterocycles. The number of carbonyl (C=O) groups is 1. The number of nitrogens with zero attached hydrogens (tertiary/aromatic N) is 2. The number of carbonyl (C=O) groups excluding carboxylic acids is 1. The van der Waals surface area contributed by atoms with Gasteiger partial charge in [0.05, 0.1) is 18.8 Å². The molecule has 2 fully saturated rings. The highest BCUT2D eigenvalue weighted by atomic mass is 16.5. The van der Waals surface area contributed by atoms with Crippen molar-refractivity contribution >= 4 is 6.03 Å². The summed E-state index contributed by atoms with van der Waals surface area (Å²) in [5, 5.41) is 3.14. The molecular formula is C18H35N3O3. The molecule has 0 bridgehead atoms. The van der Waals surface area contributed by atoms with Gasteiger partial charge in [-0.15, -0.1) is 0 Å². The Labute approximate surface area is 146 Å². The average molecular weight is 341 g/mol. The second-order valence-corrected chi connectivity index (χ2v) is 7.90. The van der Waals surface area contributed by atoms with Crippen molar-refractivity contribution in [3.8, 4) is 0 Å². The number of ether oxygens (including phenoxy) is 2. The van der Waals surface area contributed by atoms with E-state index in [0.717, 1.165) is 45.8 Å². The van der Waals surface area contributed by atoms with Crippen LogP contribution in [-0.2, 0) is 9.47 Å². The summed E-state index contributed by atoms with van der Waals surface area (Å²) in [7, 11) is 0. The first-order valence-electron chi connectivity index (χ1n) is 9.33. The second-order valence-electron chi connectivity index (χ2n) is 7.90. The van der Waals surface area contributed by atoms with Gasteiger partial charge in [0.1, 0.15) is 0 Å². The quantitative estimate of drug-likeness (QED) is 0.802. The summed E-state index contributed by atoms with van der Waals surface area (Å²) in [6, 6.07) is 0.0341. The van der Waals surface area contributed by atoms with Crippen molar-refractivity contribution in [3.63, 3.8) is 0 Å². The minimum absolute atomic E-state index is 0.0341. The Balaban J connectivity index is 1.83. The molecule has 2 aliphatic rings. The van der Waals surface area contributed by atoms with Gasteiger partial charge in [0.15, 0.2) is 0 Å². The lowest BCUT2D eigenvalue weighted by Crippen LogP contribution is -2.59. The van der Waals surface area contributed by atoms with Crippen LogP contribution in [-0.4, -0.2) is 79.5 Å². The molecule has 6 nitrogen and oxygen atoms in total. The summed E-state index contributed by atoms with van der Waals surface area (Å²) in [6.07, 6.45) is 1.52. The van der Waals surface area contributed by atoms with E-state index in [1.807, 2.05) is 11.8 Å². The van der Waals surface area contributed by atoms with Crippen molar-refractivity contribution in [2.45, 2.75) is 58.8 Å². The van der Waals surface area contributed by atoms with E-state index in [2.05, 4.69) is 37.9 Å². The molecule has 0 aromatic carbocycles. The number of hydrogen-bond acceptors (Lipinski definition) is 4. The molecule has 0 aromatic rings. The van der Waals surface area contributed by atoms with E-state index in [-0.39, 0.29) is 23.8 Å². The highest BCUT2D eigenvalue weighted by molar-refractivity contribution is 5.74. The normalized spacial score (nSPS) is 28.8. The predicted octanol–water partition coefficient (Wildman–Crippen LogP) is 1.94. The van der Waals surface area contributed by atoms with Crippen LogP contribution in [0.2, 0.25) is 0 Å². The monoisotopic (exact) mass is 341 g/mol. The topological polar surface area (TPSA) is 54.0 Å². The summed E-state index contributed by atoms with van der Waals surface area (Å²) in [6.45, 7) is 16.2. The molecule has 0 spiro atoms. The van der Waals surface area contributed by atoms with Gasteiger partial charge in [-0.1, -0.05) is 0 Å². The first-order chi connectivity index (χ1) is 11.3. The maximum atomic E-state index is 12.6. The summed E-state index contributed by atoms with van der Waals surface area (Å²) < 4.78 is 11.2. The Morgan fingerprint density at radius 3 is 2.50 bits per heavy atom. The maximum absolute atomic E-state index is 12.6. The summed E-state index contributed by atoms with van der Waals surface area (Å²) in [5.74, 6) is 0.477. The fraction of sp³-hybridized carbons (Fsp3) is 0.944. The Kier molecular flexibility index (Phi) is 6.89. The molecule has 2 amide bonds. The fourth-order valence-electron chi connectivity index (χ4n) is 3.58. The molecule has 6 heteroatoms. The van der Waals surface area contributed by atoms with Gasteiger partial charge in [0.2, 0.25) is 0 Å². The number of morpholine rings is 1. The molecule has 3 atom stereocenters. The molecule has 0 radical (unpaired) electrons. The fourth-order valence-corrected chi connectivity index (χ4v) is 3.58. The van der Waals surface area contributed by atoms with Crippen LogP contribution in [0.5, 0.6) is 0 Å². The molecular weight excluding hydrogens is 306 g/mol. The molecule has 3 unspecified atom stereocenters. The van der Waals surface area contributed by atoms with E-state index in [9.17, 15) is 4.79 Å². The minimum Gasteiger partial charge on any atom is -0.381 e. The van der Waals surface area contributed by atoms with Crippen molar-refractivity contribution in [1.29, 1.82) is 0 Å². The Morgan fingerprint density at radius 1 is 1.29 bits per heavy atom. The minimum atomic E-state index is -0.0855. The maximum Gasteiger partial charge on any atom is 0.317 e. The predicted molar refractivity (Wildman–Crippen MR) is 95.2 cm³/mol. The molecule has 0 saturated carbocycles. The molecule has 140 valence electrons. The molecule has 1 N–H and O–H groups in total. The van der Waals surface area contributed by atoms with Crippen LogP contribution in [0.15, 0.2) is 0 Å². The standard InChI is InChI=1S/C18H35N3O3/c1-6-20(11-16-7-8-23-12-16)17(22)19-13-18(4,5)21-9-14(2)24-15(3)10-21/h14-16H,6-13H2,1-5H3,(H,19,22). The average Bonchev–Trinajstić information content (AvgIpc) is 3.02. The number of rotatable bonds is 6. The van der Waals surface area contributed by atoms with Crippen LogP contribution in [0.3, 0.4) is 0 Å². The van der Waals surface area contributed by atoms with Crippen LogP contribution in [0.1, 0.15) is 41.0 Å². The molecule has 2 rings (SSSR count). The van der Waals surface area contributed by atoms with Gasteiger partial charge in [0, 0.05) is 50.8 Å². The third kappa shape index (κ3) is 5.33. The Morgan fingerprint density at radius 2 is 1.96 bits per heavy atom. The van der Waals surface area contributed by atoms with Gasteiger partial charge >= 0.3 is 6.03 Å². The molecule has 0 aliphatic carbocycles. The lowest BCUT2D eigenvalue weighted by Gasteiger charge is -2.45. The first kappa shape index (κ1) is 19.5. The Hall–Kier alpha value is -0.850. The van der Waals surface area contributed by atoms with Gasteiger partial charge in [-0.3, -0.25) is 4.90 Å². The van der Waals surface area contributed by atoms with Gasteiger partial charge < -0.3 is 19.7 Å². The van der Waals surface area contributed by atoms with Crippen molar-refractivity contribution in [3.05, 3.63) is 0 Å². The van der Waals surface area contributed by atoms with E-state index in [1.165, 1.54) is 0 Å². The van der Waals surface area contributed by atoms with Crippen molar-refractivity contribution in [2.24, 2.45) is 5.92 Å². The number of amides is 2. The van der Waals surface area contributed by atoms with Crippen molar-refractivity contribution in [2.75, 3.05) is 45.9 Å². The summed E-state index contributed by atoms with van der Waals surface area (Å²) in [5.41, 5.74) is -0.0855. The van der Waals surface area contributed by atoms with Crippen LogP contribution in [0.4, 0.5) is 4.79 Å². The zero-order chi connectivity index (χ0) is 17.7. The van der Waals surface area contributed by atoms with Gasteiger partial charge in [-0.25, -0.2) is 4.79 Å². The SMILES string of the molecule is CCN(CC1CCOC1)C(=O)NCC(C)(C)N1CC(C)OC(C)C1. The number of urea groups is 1. The van der Waals surface area contributed by atoms with Gasteiger partial charge in [-0.05, 0) is 41.0 Å². The Bertz CT molecular complexity index is 400. The van der Waals surface area contributed by atoms with Gasteiger partial charge in [0.25, 0.3) is 0 Å². The van der Waals surface area contributed by atoms with E-state index >= 15 is 0 Å². The lowest BCUT2D eigenvalue weighted by molar-refractivity contribution is -0.0948. The van der Waals surface area contributed by atoms with E-state index in [0.29, 0.717) is 12.5 Å². The summed E-state index contributed by atoms with van der Waals surface area (Å²) in [4.78, 5) is 16.9. The molecule has 24 heavy (non-hydrogen) atoms. The third-order valence-corrected chi connectivity index (χ3v) is 5.12. The number of hydrogen-bond donors (Lipinski definition) is 1. The largest absolute Gasteiger partial charge is 0.381 e. The third-order valence-electron chi connectivity index (χ3n) is 5.12. The van der Waals surface area contributed by atoms with E-state index < -0.39 is 0 Å². The summed E-state index contributed by atoms with van der Waals surface area (Å²) >= 11 is 0. The van der Waals surface area contributed by atoms with Crippen molar-refractivity contribution < 1.29 is 14.3 Å². The smallest absolute Gasteiger partial charge is 0.317 e. The zero-order valence-electron chi connectivity index (χ0n) is 16.0. The first-order valence-corrected chi connectivity index (χ1v) is 9.33. The highest BCUT2D eigenvalue weighted by Gasteiger charge is 2.33.